The van der Waals surface area contributed by atoms with Gasteiger partial charge in [-0.15, -0.1) is 0 Å². The Balaban J connectivity index is 1.67. The highest BCUT2D eigenvalue weighted by Crippen LogP contribution is 2.33. The summed E-state index contributed by atoms with van der Waals surface area (Å²) in [6, 6.07) is 20.1. The van der Waals surface area contributed by atoms with Crippen LogP contribution in [0.3, 0.4) is 0 Å². The van der Waals surface area contributed by atoms with Crippen molar-refractivity contribution in [1.29, 1.82) is 0 Å². The minimum atomic E-state index is -0.714. The van der Waals surface area contributed by atoms with Crippen LogP contribution < -0.4 is 30.6 Å². The Morgan fingerprint density at radius 3 is 2.58 bits per heavy atom. The zero-order chi connectivity index (χ0) is 27.1. The Labute approximate surface area is 223 Å². The number of para-hydroxylation sites is 1. The number of amides is 1. The lowest BCUT2D eigenvalue weighted by Crippen LogP contribution is -2.33. The van der Waals surface area contributed by atoms with Gasteiger partial charge in [0.15, 0.2) is 11.5 Å². The number of carbonyl (C=O) groups excluding carboxylic acids is 1. The zero-order valence-electron chi connectivity index (χ0n) is 22.2. The van der Waals surface area contributed by atoms with E-state index in [9.17, 15) is 4.79 Å². The van der Waals surface area contributed by atoms with Crippen molar-refractivity contribution in [2.24, 2.45) is 0 Å². The normalized spacial score (nSPS) is 11.7. The Morgan fingerprint density at radius 1 is 1.00 bits per heavy atom. The second kappa shape index (κ2) is 12.2. The van der Waals surface area contributed by atoms with E-state index >= 15 is 0 Å². The number of carbonyl (C=O) groups is 1. The molecule has 4 aromatic rings. The quantitative estimate of drug-likeness (QED) is 0.243. The molecular formula is C30H34N4O4. The van der Waals surface area contributed by atoms with E-state index in [-0.39, 0.29) is 12.0 Å². The average Bonchev–Trinajstić information content (AvgIpc) is 2.91. The average molecular weight is 515 g/mol. The molecule has 4 N–H and O–H groups in total. The molecule has 0 saturated heterocycles. The number of hydrogen-bond acceptors (Lipinski definition) is 7. The number of hydrogen-bond donors (Lipinski definition) is 3. The smallest absolute Gasteiger partial charge is 0.247 e. The van der Waals surface area contributed by atoms with Crippen LogP contribution in [-0.4, -0.2) is 30.7 Å². The maximum absolute atomic E-state index is 13.7. The van der Waals surface area contributed by atoms with Gasteiger partial charge in [0.05, 0.1) is 19.8 Å². The van der Waals surface area contributed by atoms with Crippen molar-refractivity contribution in [2.45, 2.75) is 39.5 Å². The molecule has 198 valence electrons. The number of nitrogens with one attached hydrogen (secondary N) is 2. The van der Waals surface area contributed by atoms with Gasteiger partial charge in [-0.2, -0.15) is 0 Å². The number of rotatable bonds is 11. The molecule has 38 heavy (non-hydrogen) atoms. The Hall–Kier alpha value is -4.46. The van der Waals surface area contributed by atoms with E-state index in [1.807, 2.05) is 87.5 Å². The van der Waals surface area contributed by atoms with Crippen molar-refractivity contribution >= 4 is 28.2 Å². The Morgan fingerprint density at radius 2 is 1.82 bits per heavy atom. The number of fused-ring (bicyclic) bond motifs is 1. The number of aromatic nitrogens is 1. The van der Waals surface area contributed by atoms with Gasteiger partial charge in [-0.3, -0.25) is 4.79 Å². The molecule has 0 spiro atoms. The van der Waals surface area contributed by atoms with Crippen LogP contribution in [0.5, 0.6) is 17.2 Å². The van der Waals surface area contributed by atoms with Gasteiger partial charge in [0, 0.05) is 29.4 Å². The van der Waals surface area contributed by atoms with Gasteiger partial charge in [0.2, 0.25) is 5.91 Å². The van der Waals surface area contributed by atoms with Gasteiger partial charge in [0.25, 0.3) is 0 Å². The molecular weight excluding hydrogens is 480 g/mol. The zero-order valence-corrected chi connectivity index (χ0v) is 22.2. The monoisotopic (exact) mass is 514 g/mol. The highest BCUT2D eigenvalue weighted by Gasteiger charge is 2.23. The molecule has 0 saturated carbocycles. The summed E-state index contributed by atoms with van der Waals surface area (Å²) < 4.78 is 17.2. The molecule has 1 amide bonds. The van der Waals surface area contributed by atoms with Gasteiger partial charge < -0.3 is 30.6 Å². The number of methoxy groups -OCH3 is 1. The lowest BCUT2D eigenvalue weighted by molar-refractivity contribution is -0.122. The van der Waals surface area contributed by atoms with Crippen LogP contribution in [0.2, 0.25) is 0 Å². The molecule has 1 aromatic heterocycles. The number of nitrogens with two attached hydrogens (primary N) is 1. The predicted molar refractivity (Wildman–Crippen MR) is 151 cm³/mol. The first kappa shape index (κ1) is 26.6. The first-order valence-electron chi connectivity index (χ1n) is 12.6. The van der Waals surface area contributed by atoms with Crippen molar-refractivity contribution < 1.29 is 19.0 Å². The lowest BCUT2D eigenvalue weighted by Gasteiger charge is -2.22. The highest BCUT2D eigenvalue weighted by atomic mass is 16.5. The second-order valence-electron chi connectivity index (χ2n) is 9.04. The number of nitrogens with zero attached hydrogens (tertiary/aromatic N) is 1. The summed E-state index contributed by atoms with van der Waals surface area (Å²) in [4.78, 5) is 17.8. The molecule has 0 aliphatic carbocycles. The summed E-state index contributed by atoms with van der Waals surface area (Å²) in [5.74, 6) is 2.19. The van der Waals surface area contributed by atoms with Gasteiger partial charge in [-0.1, -0.05) is 24.3 Å². The van der Waals surface area contributed by atoms with Crippen LogP contribution in [0.1, 0.15) is 37.9 Å². The first-order valence-corrected chi connectivity index (χ1v) is 12.6. The topological polar surface area (TPSA) is 108 Å². The van der Waals surface area contributed by atoms with Crippen molar-refractivity contribution in [3.63, 3.8) is 0 Å². The summed E-state index contributed by atoms with van der Waals surface area (Å²) in [7, 11) is 1.61. The summed E-state index contributed by atoms with van der Waals surface area (Å²) in [6.07, 6.45) is 1.65. The third kappa shape index (κ3) is 6.26. The third-order valence-corrected chi connectivity index (χ3v) is 5.98. The number of nitrogen functional groups attached to an aromatic ring is 1. The molecule has 0 bridgehead atoms. The molecule has 8 nitrogen and oxygen atoms in total. The van der Waals surface area contributed by atoms with E-state index < -0.39 is 6.04 Å². The maximum atomic E-state index is 13.7. The highest BCUT2D eigenvalue weighted by molar-refractivity contribution is 5.94. The summed E-state index contributed by atoms with van der Waals surface area (Å²) in [5, 5.41) is 8.23. The van der Waals surface area contributed by atoms with Crippen molar-refractivity contribution in [3.8, 4) is 17.2 Å². The number of ether oxygens (including phenoxy) is 3. The molecule has 0 fully saturated rings. The van der Waals surface area contributed by atoms with Crippen molar-refractivity contribution in [3.05, 3.63) is 84.1 Å². The van der Waals surface area contributed by atoms with E-state index in [2.05, 4.69) is 15.6 Å². The standard InChI is InChI=1S/C30H34N4O4/c1-5-37-27-17-21(10-13-26(27)38-19(2)3)28(30(35)33-18-22-8-6-7-9-25(22)36-4)34-23-11-12-24-20(16-23)14-15-32-29(24)31/h6-17,19,28,34H,5,18H2,1-4H3,(H2,31,32)(H,33,35). The van der Waals surface area contributed by atoms with Gasteiger partial charge >= 0.3 is 0 Å². The molecule has 0 aliphatic heterocycles. The lowest BCUT2D eigenvalue weighted by atomic mass is 10.0. The van der Waals surface area contributed by atoms with Crippen LogP contribution >= 0.6 is 0 Å². The SMILES string of the molecule is CCOc1cc(C(Nc2ccc3c(N)nccc3c2)C(=O)NCc2ccccc2OC)ccc1OC(C)C. The van der Waals surface area contributed by atoms with E-state index in [0.29, 0.717) is 36.2 Å². The third-order valence-electron chi connectivity index (χ3n) is 5.98. The van der Waals surface area contributed by atoms with Gasteiger partial charge in [0.1, 0.15) is 17.6 Å². The van der Waals surface area contributed by atoms with Crippen LogP contribution in [0.4, 0.5) is 11.5 Å². The van der Waals surface area contributed by atoms with Crippen LogP contribution in [0.25, 0.3) is 10.8 Å². The van der Waals surface area contributed by atoms with Gasteiger partial charge in [-0.25, -0.2) is 4.98 Å². The maximum Gasteiger partial charge on any atom is 0.247 e. The molecule has 1 atom stereocenters. The number of benzene rings is 3. The van der Waals surface area contributed by atoms with Crippen LogP contribution in [0.15, 0.2) is 72.9 Å². The summed E-state index contributed by atoms with van der Waals surface area (Å²) in [6.45, 7) is 6.61. The van der Waals surface area contributed by atoms with Crippen molar-refractivity contribution in [2.75, 3.05) is 24.8 Å². The summed E-state index contributed by atoms with van der Waals surface area (Å²) in [5.41, 5.74) is 8.41. The Kier molecular flexibility index (Phi) is 8.53. The fourth-order valence-corrected chi connectivity index (χ4v) is 4.22. The molecule has 1 heterocycles. The number of anilines is 2. The fourth-order valence-electron chi connectivity index (χ4n) is 4.22. The van der Waals surface area contributed by atoms with E-state index in [4.69, 9.17) is 19.9 Å². The fraction of sp³-hybridized carbons (Fsp3) is 0.267. The summed E-state index contributed by atoms with van der Waals surface area (Å²) >= 11 is 0. The first-order chi connectivity index (χ1) is 18.4. The van der Waals surface area contributed by atoms with Gasteiger partial charge in [-0.05, 0) is 74.2 Å². The van der Waals surface area contributed by atoms with E-state index in [1.54, 1.807) is 13.3 Å². The molecule has 3 aromatic carbocycles. The number of pyridine rings is 1. The predicted octanol–water partition coefficient (Wildman–Crippen LogP) is 5.48. The van der Waals surface area contributed by atoms with Crippen LogP contribution in [0, 0.1) is 0 Å². The Bertz CT molecular complexity index is 1410. The molecule has 4 rings (SSSR count). The van der Waals surface area contributed by atoms with Crippen LogP contribution in [-0.2, 0) is 11.3 Å². The molecule has 0 radical (unpaired) electrons. The molecule has 8 heteroatoms. The van der Waals surface area contributed by atoms with E-state index in [1.165, 1.54) is 0 Å². The minimum Gasteiger partial charge on any atom is -0.496 e. The molecule has 1 unspecified atom stereocenters. The van der Waals surface area contributed by atoms with E-state index in [0.717, 1.165) is 27.6 Å². The minimum absolute atomic E-state index is 0.0161. The molecule has 0 aliphatic rings. The second-order valence-corrected chi connectivity index (χ2v) is 9.04. The van der Waals surface area contributed by atoms with Crippen molar-refractivity contribution in [1.82, 2.24) is 10.3 Å². The largest absolute Gasteiger partial charge is 0.496 e.